The van der Waals surface area contributed by atoms with Crippen LogP contribution in [0.15, 0.2) is 30.5 Å². The van der Waals surface area contributed by atoms with Gasteiger partial charge in [-0.3, -0.25) is 4.68 Å². The van der Waals surface area contributed by atoms with Crippen LogP contribution >= 0.6 is 11.6 Å². The third kappa shape index (κ3) is 3.29. The molecule has 0 amide bonds. The molecule has 0 saturated carbocycles. The molecule has 1 heterocycles. The Morgan fingerprint density at radius 1 is 1.26 bits per heavy atom. The van der Waals surface area contributed by atoms with E-state index in [0.29, 0.717) is 0 Å². The highest BCUT2D eigenvalue weighted by Crippen LogP contribution is 2.25. The van der Waals surface area contributed by atoms with Gasteiger partial charge >= 0.3 is 0 Å². The number of nitrogens with one attached hydrogen (secondary N) is 1. The molecular weight excluding hydrogens is 258 g/mol. The van der Waals surface area contributed by atoms with Crippen molar-refractivity contribution >= 4 is 17.3 Å². The normalized spacial score (nSPS) is 12.4. The molecular formula is C15H20ClN3. The van der Waals surface area contributed by atoms with Gasteiger partial charge in [-0.15, -0.1) is 0 Å². The molecule has 102 valence electrons. The summed E-state index contributed by atoms with van der Waals surface area (Å²) >= 11 is 5.94. The molecule has 2 rings (SSSR count). The second kappa shape index (κ2) is 6.11. The first-order valence-electron chi connectivity index (χ1n) is 6.68. The quantitative estimate of drug-likeness (QED) is 0.888. The molecule has 0 aliphatic rings. The van der Waals surface area contributed by atoms with Crippen LogP contribution in [0.4, 0.5) is 5.69 Å². The molecule has 0 bridgehead atoms. The van der Waals surface area contributed by atoms with Crippen LogP contribution in [0.25, 0.3) is 0 Å². The lowest BCUT2D eigenvalue weighted by atomic mass is 10.0. The van der Waals surface area contributed by atoms with Gasteiger partial charge in [-0.05, 0) is 30.5 Å². The molecule has 19 heavy (non-hydrogen) atoms. The summed E-state index contributed by atoms with van der Waals surface area (Å²) in [4.78, 5) is 0. The lowest BCUT2D eigenvalue weighted by Crippen LogP contribution is -2.10. The molecule has 1 N–H and O–H groups in total. The van der Waals surface area contributed by atoms with Crippen LogP contribution in [-0.2, 0) is 13.5 Å². The van der Waals surface area contributed by atoms with E-state index in [4.69, 9.17) is 11.6 Å². The van der Waals surface area contributed by atoms with E-state index < -0.39 is 0 Å². The van der Waals surface area contributed by atoms with Gasteiger partial charge in [-0.25, -0.2) is 0 Å². The Kier molecular flexibility index (Phi) is 4.48. The number of hydrogen-bond acceptors (Lipinski definition) is 2. The lowest BCUT2D eigenvalue weighted by Gasteiger charge is -2.18. The Hall–Kier alpha value is -1.48. The van der Waals surface area contributed by atoms with Gasteiger partial charge in [0.05, 0.1) is 17.4 Å². The standard InChI is InChI=1S/C15H20ClN3/c1-4-13(11-6-8-12(16)9-7-11)17-15-10-19(3)18-14(15)5-2/h6-10,13,17H,4-5H2,1-3H3. The minimum absolute atomic E-state index is 0.284. The van der Waals surface area contributed by atoms with Crippen molar-refractivity contribution in [2.45, 2.75) is 32.7 Å². The molecule has 1 aromatic carbocycles. The minimum atomic E-state index is 0.284. The van der Waals surface area contributed by atoms with Crippen molar-refractivity contribution in [1.29, 1.82) is 0 Å². The van der Waals surface area contributed by atoms with Crippen molar-refractivity contribution in [1.82, 2.24) is 9.78 Å². The summed E-state index contributed by atoms with van der Waals surface area (Å²) in [5, 5.41) is 8.81. The van der Waals surface area contributed by atoms with Gasteiger partial charge in [0.25, 0.3) is 0 Å². The van der Waals surface area contributed by atoms with Crippen LogP contribution in [0.1, 0.15) is 37.6 Å². The van der Waals surface area contributed by atoms with E-state index in [1.54, 1.807) is 0 Å². The molecule has 0 aliphatic heterocycles. The molecule has 0 saturated heterocycles. The Morgan fingerprint density at radius 2 is 1.95 bits per heavy atom. The van der Waals surface area contributed by atoms with E-state index >= 15 is 0 Å². The number of benzene rings is 1. The highest BCUT2D eigenvalue weighted by molar-refractivity contribution is 6.30. The number of halogens is 1. The van der Waals surface area contributed by atoms with Gasteiger partial charge in [0.1, 0.15) is 0 Å². The third-order valence-electron chi connectivity index (χ3n) is 3.25. The van der Waals surface area contributed by atoms with Gasteiger partial charge < -0.3 is 5.32 Å². The largest absolute Gasteiger partial charge is 0.375 e. The molecule has 4 heteroatoms. The Labute approximate surface area is 119 Å². The zero-order chi connectivity index (χ0) is 13.8. The molecule has 0 radical (unpaired) electrons. The van der Waals surface area contributed by atoms with Crippen LogP contribution in [0.2, 0.25) is 5.02 Å². The number of hydrogen-bond donors (Lipinski definition) is 1. The van der Waals surface area contributed by atoms with Crippen LogP contribution in [0, 0.1) is 0 Å². The molecule has 3 nitrogen and oxygen atoms in total. The molecule has 0 aliphatic carbocycles. The Bertz CT molecular complexity index is 531. The zero-order valence-electron chi connectivity index (χ0n) is 11.7. The van der Waals surface area contributed by atoms with E-state index in [0.717, 1.165) is 29.2 Å². The predicted octanol–water partition coefficient (Wildman–Crippen LogP) is 4.20. The fraction of sp³-hybridized carbons (Fsp3) is 0.400. The molecule has 1 aromatic heterocycles. The summed E-state index contributed by atoms with van der Waals surface area (Å²) in [5.74, 6) is 0. The van der Waals surface area contributed by atoms with E-state index in [1.165, 1.54) is 5.56 Å². The second-order valence-electron chi connectivity index (χ2n) is 4.67. The number of aromatic nitrogens is 2. The first-order chi connectivity index (χ1) is 9.13. The van der Waals surface area contributed by atoms with Gasteiger partial charge in [0.15, 0.2) is 0 Å². The average molecular weight is 278 g/mol. The molecule has 2 aromatic rings. The second-order valence-corrected chi connectivity index (χ2v) is 5.11. The Morgan fingerprint density at radius 3 is 2.53 bits per heavy atom. The number of aryl methyl sites for hydroxylation is 2. The Balaban J connectivity index is 2.21. The fourth-order valence-electron chi connectivity index (χ4n) is 2.22. The minimum Gasteiger partial charge on any atom is -0.375 e. The summed E-state index contributed by atoms with van der Waals surface area (Å²) in [6.45, 7) is 4.30. The number of nitrogens with zero attached hydrogens (tertiary/aromatic N) is 2. The summed E-state index contributed by atoms with van der Waals surface area (Å²) < 4.78 is 1.86. The van der Waals surface area contributed by atoms with Crippen LogP contribution in [0.3, 0.4) is 0 Å². The van der Waals surface area contributed by atoms with Gasteiger partial charge in [0, 0.05) is 18.3 Å². The SMILES string of the molecule is CCc1nn(C)cc1NC(CC)c1ccc(Cl)cc1. The maximum atomic E-state index is 5.94. The maximum absolute atomic E-state index is 5.94. The van der Waals surface area contributed by atoms with Crippen molar-refractivity contribution in [3.05, 3.63) is 46.7 Å². The summed E-state index contributed by atoms with van der Waals surface area (Å²) in [6, 6.07) is 8.31. The fourth-order valence-corrected chi connectivity index (χ4v) is 2.35. The van der Waals surface area contributed by atoms with E-state index in [1.807, 2.05) is 30.1 Å². The highest BCUT2D eigenvalue weighted by Gasteiger charge is 2.13. The van der Waals surface area contributed by atoms with Gasteiger partial charge in [0.2, 0.25) is 0 Å². The van der Waals surface area contributed by atoms with Gasteiger partial charge in [-0.2, -0.15) is 5.10 Å². The summed E-state index contributed by atoms with van der Waals surface area (Å²) in [7, 11) is 1.95. The van der Waals surface area contributed by atoms with E-state index in [2.05, 4.69) is 36.4 Å². The topological polar surface area (TPSA) is 29.9 Å². The molecule has 1 atom stereocenters. The summed E-state index contributed by atoms with van der Waals surface area (Å²) in [6.07, 6.45) is 3.98. The number of rotatable bonds is 5. The van der Waals surface area contributed by atoms with Crippen molar-refractivity contribution in [2.24, 2.45) is 7.05 Å². The van der Waals surface area contributed by atoms with E-state index in [9.17, 15) is 0 Å². The number of anilines is 1. The lowest BCUT2D eigenvalue weighted by molar-refractivity contribution is 0.746. The monoisotopic (exact) mass is 277 g/mol. The van der Waals surface area contributed by atoms with Crippen LogP contribution in [0.5, 0.6) is 0 Å². The molecule has 0 fully saturated rings. The van der Waals surface area contributed by atoms with Gasteiger partial charge in [-0.1, -0.05) is 37.6 Å². The summed E-state index contributed by atoms with van der Waals surface area (Å²) in [5.41, 5.74) is 3.47. The van der Waals surface area contributed by atoms with E-state index in [-0.39, 0.29) is 6.04 Å². The average Bonchev–Trinajstić information content (AvgIpc) is 2.77. The zero-order valence-corrected chi connectivity index (χ0v) is 12.4. The molecule has 0 spiro atoms. The smallest absolute Gasteiger partial charge is 0.0853 e. The van der Waals surface area contributed by atoms with Crippen molar-refractivity contribution in [3.63, 3.8) is 0 Å². The third-order valence-corrected chi connectivity index (χ3v) is 3.50. The molecule has 1 unspecified atom stereocenters. The van der Waals surface area contributed by atoms with Crippen molar-refractivity contribution < 1.29 is 0 Å². The highest BCUT2D eigenvalue weighted by atomic mass is 35.5. The van der Waals surface area contributed by atoms with Crippen molar-refractivity contribution in [2.75, 3.05) is 5.32 Å². The van der Waals surface area contributed by atoms with Crippen LogP contribution in [-0.4, -0.2) is 9.78 Å². The first-order valence-corrected chi connectivity index (χ1v) is 7.06. The van der Waals surface area contributed by atoms with Crippen LogP contribution < -0.4 is 5.32 Å². The first kappa shape index (κ1) is 13.9. The predicted molar refractivity (Wildman–Crippen MR) is 80.7 cm³/mol. The maximum Gasteiger partial charge on any atom is 0.0853 e. The van der Waals surface area contributed by atoms with Crippen molar-refractivity contribution in [3.8, 4) is 0 Å².